The van der Waals surface area contributed by atoms with Gasteiger partial charge in [-0.05, 0) is 24.6 Å². The van der Waals surface area contributed by atoms with Gasteiger partial charge in [-0.15, -0.1) is 24.9 Å². The van der Waals surface area contributed by atoms with Gasteiger partial charge in [0.1, 0.15) is 5.75 Å². The molecule has 9 heteroatoms. The smallest absolute Gasteiger partial charge is 0.406 e. The quantitative estimate of drug-likeness (QED) is 0.837. The standard InChI is InChI=1S/C17H18F3N3O2S/c1-16(8-14(24)23(2)15(21)22-16)13-7-11(9-26-13)10-4-3-5-12(6-10)25-17(18,19)20/h3-7,11H,8-9H2,1-2H3,(H2,21,22)/t11?,16-/m0/s1. The van der Waals surface area contributed by atoms with E-state index >= 15 is 0 Å². The molecule has 1 saturated heterocycles. The lowest BCUT2D eigenvalue weighted by Gasteiger charge is -2.39. The molecule has 1 aromatic rings. The fraction of sp³-hybridized carbons (Fsp3) is 0.412. The molecule has 140 valence electrons. The Morgan fingerprint density at radius 2 is 2.15 bits per heavy atom. The number of benzene rings is 1. The van der Waals surface area contributed by atoms with Crippen LogP contribution in [0.4, 0.5) is 13.2 Å². The van der Waals surface area contributed by atoms with E-state index in [0.29, 0.717) is 11.3 Å². The van der Waals surface area contributed by atoms with Crippen LogP contribution in [0.2, 0.25) is 0 Å². The van der Waals surface area contributed by atoms with E-state index in [1.807, 2.05) is 13.0 Å². The van der Waals surface area contributed by atoms with Crippen molar-refractivity contribution in [3.8, 4) is 5.75 Å². The number of nitrogens with one attached hydrogen (secondary N) is 2. The topological polar surface area (TPSA) is 65.4 Å². The molecule has 5 nitrogen and oxygen atoms in total. The Hall–Kier alpha value is -2.16. The fourth-order valence-electron chi connectivity index (χ4n) is 3.02. The summed E-state index contributed by atoms with van der Waals surface area (Å²) in [7, 11) is 1.54. The third-order valence-corrected chi connectivity index (χ3v) is 5.87. The van der Waals surface area contributed by atoms with Crippen LogP contribution in [-0.2, 0) is 4.79 Å². The third-order valence-electron chi connectivity index (χ3n) is 4.44. The number of amides is 1. The van der Waals surface area contributed by atoms with E-state index in [-0.39, 0.29) is 30.0 Å². The molecule has 1 fully saturated rings. The van der Waals surface area contributed by atoms with Crippen molar-refractivity contribution in [1.29, 1.82) is 5.41 Å². The number of ether oxygens (including phenoxy) is 1. The van der Waals surface area contributed by atoms with Gasteiger partial charge < -0.3 is 10.1 Å². The summed E-state index contributed by atoms with van der Waals surface area (Å²) in [5, 5.41) is 11.0. The normalized spacial score (nSPS) is 26.6. The highest BCUT2D eigenvalue weighted by Crippen LogP contribution is 2.43. The number of nitrogens with zero attached hydrogens (tertiary/aromatic N) is 1. The summed E-state index contributed by atoms with van der Waals surface area (Å²) in [5.41, 5.74) is 0.0346. The Morgan fingerprint density at radius 1 is 1.42 bits per heavy atom. The molecule has 2 N–H and O–H groups in total. The van der Waals surface area contributed by atoms with E-state index in [1.54, 1.807) is 24.9 Å². The zero-order chi connectivity index (χ0) is 19.1. The van der Waals surface area contributed by atoms with Gasteiger partial charge in [0.25, 0.3) is 0 Å². The fourth-order valence-corrected chi connectivity index (χ4v) is 4.37. The SMILES string of the molecule is CN1C(=N)N[C@](C)(C2=CC(c3cccc(OC(F)(F)F)c3)CS2)CC1=O. The van der Waals surface area contributed by atoms with Crippen LogP contribution >= 0.6 is 11.8 Å². The molecule has 0 bridgehead atoms. The lowest BCUT2D eigenvalue weighted by molar-refractivity contribution is -0.274. The average Bonchev–Trinajstić information content (AvgIpc) is 3.02. The van der Waals surface area contributed by atoms with Crippen LogP contribution in [0.3, 0.4) is 0 Å². The van der Waals surface area contributed by atoms with Crippen molar-refractivity contribution in [2.45, 2.75) is 31.2 Å². The summed E-state index contributed by atoms with van der Waals surface area (Å²) in [6.45, 7) is 1.86. The van der Waals surface area contributed by atoms with Crippen LogP contribution in [0.25, 0.3) is 0 Å². The number of carbonyl (C=O) groups excluding carboxylic acids is 1. The van der Waals surface area contributed by atoms with E-state index in [4.69, 9.17) is 5.41 Å². The predicted octanol–water partition coefficient (Wildman–Crippen LogP) is 3.44. The molecule has 0 aliphatic carbocycles. The summed E-state index contributed by atoms with van der Waals surface area (Å²) >= 11 is 1.54. The summed E-state index contributed by atoms with van der Waals surface area (Å²) in [4.78, 5) is 14.3. The van der Waals surface area contributed by atoms with Crippen LogP contribution in [0.1, 0.15) is 24.8 Å². The number of thioether (sulfide) groups is 1. The van der Waals surface area contributed by atoms with Gasteiger partial charge in [0.2, 0.25) is 5.91 Å². The minimum Gasteiger partial charge on any atom is -0.406 e. The van der Waals surface area contributed by atoms with Crippen molar-refractivity contribution < 1.29 is 22.7 Å². The minimum absolute atomic E-state index is 0.0364. The summed E-state index contributed by atoms with van der Waals surface area (Å²) in [5.74, 6) is 0.201. The molecule has 0 saturated carbocycles. The molecular formula is C17H18F3N3O2S. The maximum atomic E-state index is 12.4. The zero-order valence-corrected chi connectivity index (χ0v) is 15.0. The van der Waals surface area contributed by atoms with Gasteiger partial charge in [-0.25, -0.2) is 0 Å². The Balaban J connectivity index is 1.81. The van der Waals surface area contributed by atoms with Gasteiger partial charge in [0.15, 0.2) is 5.96 Å². The molecule has 2 aliphatic rings. The second-order valence-electron chi connectivity index (χ2n) is 6.50. The number of allylic oxidation sites excluding steroid dienone is 1. The highest BCUT2D eigenvalue weighted by atomic mass is 32.2. The van der Waals surface area contributed by atoms with Crippen molar-refractivity contribution in [2.24, 2.45) is 0 Å². The van der Waals surface area contributed by atoms with Gasteiger partial charge >= 0.3 is 6.36 Å². The summed E-state index contributed by atoms with van der Waals surface area (Å²) < 4.78 is 41.2. The number of guanidine groups is 1. The molecule has 2 atom stereocenters. The number of carbonyl (C=O) groups is 1. The second kappa shape index (κ2) is 6.53. The number of alkyl halides is 3. The van der Waals surface area contributed by atoms with Gasteiger partial charge in [0.05, 0.1) is 12.0 Å². The van der Waals surface area contributed by atoms with E-state index < -0.39 is 11.9 Å². The zero-order valence-electron chi connectivity index (χ0n) is 14.2. The van der Waals surface area contributed by atoms with Crippen molar-refractivity contribution in [3.63, 3.8) is 0 Å². The van der Waals surface area contributed by atoms with Crippen molar-refractivity contribution in [2.75, 3.05) is 12.8 Å². The molecule has 2 heterocycles. The lowest BCUT2D eigenvalue weighted by atomic mass is 9.91. The van der Waals surface area contributed by atoms with Crippen molar-refractivity contribution in [3.05, 3.63) is 40.8 Å². The lowest BCUT2D eigenvalue weighted by Crippen LogP contribution is -2.60. The number of halogens is 3. The first-order valence-electron chi connectivity index (χ1n) is 7.91. The molecule has 1 unspecified atom stereocenters. The van der Waals surface area contributed by atoms with Gasteiger partial charge in [0, 0.05) is 23.6 Å². The third kappa shape index (κ3) is 3.82. The van der Waals surface area contributed by atoms with Crippen molar-refractivity contribution in [1.82, 2.24) is 10.2 Å². The highest BCUT2D eigenvalue weighted by molar-refractivity contribution is 8.03. The molecule has 0 aromatic heterocycles. The average molecular weight is 385 g/mol. The van der Waals surface area contributed by atoms with Crippen LogP contribution in [0.15, 0.2) is 35.2 Å². The molecule has 2 aliphatic heterocycles. The van der Waals surface area contributed by atoms with Gasteiger partial charge in [-0.2, -0.15) is 0 Å². The molecule has 0 radical (unpaired) electrons. The van der Waals surface area contributed by atoms with E-state index in [2.05, 4.69) is 10.1 Å². The first-order valence-corrected chi connectivity index (χ1v) is 8.90. The van der Waals surface area contributed by atoms with Crippen LogP contribution in [0.5, 0.6) is 5.75 Å². The molecular weight excluding hydrogens is 367 g/mol. The van der Waals surface area contributed by atoms with E-state index in [1.165, 1.54) is 23.1 Å². The largest absolute Gasteiger partial charge is 0.573 e. The van der Waals surface area contributed by atoms with E-state index in [0.717, 1.165) is 4.91 Å². The molecule has 26 heavy (non-hydrogen) atoms. The maximum absolute atomic E-state index is 12.4. The monoisotopic (exact) mass is 385 g/mol. The summed E-state index contributed by atoms with van der Waals surface area (Å²) in [6.07, 6.45) is -2.55. The molecule has 0 spiro atoms. The number of hydrogen-bond donors (Lipinski definition) is 2. The van der Waals surface area contributed by atoms with Crippen LogP contribution in [-0.4, -0.2) is 41.5 Å². The number of rotatable bonds is 3. The molecule has 1 aromatic carbocycles. The predicted molar refractivity (Wildman–Crippen MR) is 93.1 cm³/mol. The first-order chi connectivity index (χ1) is 12.1. The molecule has 3 rings (SSSR count). The van der Waals surface area contributed by atoms with Crippen LogP contribution < -0.4 is 10.1 Å². The Labute approximate surface area is 153 Å². The Morgan fingerprint density at radius 3 is 2.81 bits per heavy atom. The second-order valence-corrected chi connectivity index (χ2v) is 7.57. The molecule has 1 amide bonds. The minimum atomic E-state index is -4.73. The Bertz CT molecular complexity index is 761. The Kier molecular flexibility index (Phi) is 4.68. The maximum Gasteiger partial charge on any atom is 0.573 e. The van der Waals surface area contributed by atoms with Gasteiger partial charge in [-0.1, -0.05) is 18.2 Å². The first kappa shape index (κ1) is 18.6. The van der Waals surface area contributed by atoms with Gasteiger partial charge in [-0.3, -0.25) is 15.1 Å². The van der Waals surface area contributed by atoms with E-state index in [9.17, 15) is 18.0 Å². The highest BCUT2D eigenvalue weighted by Gasteiger charge is 2.41. The summed E-state index contributed by atoms with van der Waals surface area (Å²) in [6, 6.07) is 5.94. The van der Waals surface area contributed by atoms with Crippen molar-refractivity contribution >= 4 is 23.6 Å². The van der Waals surface area contributed by atoms with Crippen LogP contribution in [0, 0.1) is 5.41 Å². The number of hydrogen-bond acceptors (Lipinski definition) is 4.